The zero-order valence-corrected chi connectivity index (χ0v) is 10.6. The summed E-state index contributed by atoms with van der Waals surface area (Å²) in [6.45, 7) is 8.85. The Hall–Kier alpha value is -0.890. The zero-order valence-electron chi connectivity index (χ0n) is 9.74. The summed E-state index contributed by atoms with van der Waals surface area (Å²) in [4.78, 5) is 5.94. The predicted octanol–water partition coefficient (Wildman–Crippen LogP) is 4.54. The van der Waals surface area contributed by atoms with Crippen LogP contribution in [-0.4, -0.2) is 4.98 Å². The molecule has 0 aliphatic rings. The lowest BCUT2D eigenvalue weighted by molar-refractivity contribution is 0.826. The summed E-state index contributed by atoms with van der Waals surface area (Å²) in [6, 6.07) is 4.50. The van der Waals surface area contributed by atoms with Crippen LogP contribution in [0.15, 0.2) is 18.3 Å². The lowest BCUT2D eigenvalue weighted by Gasteiger charge is -2.02. The van der Waals surface area contributed by atoms with Gasteiger partial charge in [0.25, 0.3) is 0 Å². The van der Waals surface area contributed by atoms with Gasteiger partial charge in [-0.15, -0.1) is 11.3 Å². The average molecular weight is 219 g/mol. The van der Waals surface area contributed by atoms with E-state index in [1.807, 2.05) is 17.5 Å². The van der Waals surface area contributed by atoms with Gasteiger partial charge >= 0.3 is 0 Å². The van der Waals surface area contributed by atoms with Crippen LogP contribution in [0.25, 0.3) is 10.1 Å². The molecule has 0 aromatic carbocycles. The van der Waals surface area contributed by atoms with Crippen LogP contribution < -0.4 is 0 Å². The lowest BCUT2D eigenvalue weighted by atomic mass is 10.1. The van der Waals surface area contributed by atoms with Crippen molar-refractivity contribution in [1.29, 1.82) is 0 Å². The molecule has 15 heavy (non-hydrogen) atoms. The molecule has 0 saturated carbocycles. The normalized spacial score (nSPS) is 11.9. The van der Waals surface area contributed by atoms with Gasteiger partial charge in [0.15, 0.2) is 0 Å². The van der Waals surface area contributed by atoms with E-state index >= 15 is 0 Å². The number of hydrogen-bond donors (Lipinski definition) is 0. The molecule has 80 valence electrons. The van der Waals surface area contributed by atoms with Crippen molar-refractivity contribution in [1.82, 2.24) is 4.98 Å². The molecule has 0 amide bonds. The molecule has 2 rings (SSSR count). The number of nitrogens with zero attached hydrogens (tertiary/aromatic N) is 1. The van der Waals surface area contributed by atoms with E-state index in [1.54, 1.807) is 0 Å². The van der Waals surface area contributed by atoms with Gasteiger partial charge in [0.2, 0.25) is 0 Å². The number of thiophene rings is 1. The van der Waals surface area contributed by atoms with Gasteiger partial charge in [-0.1, -0.05) is 27.7 Å². The van der Waals surface area contributed by atoms with Gasteiger partial charge in [-0.25, -0.2) is 0 Å². The quantitative estimate of drug-likeness (QED) is 0.722. The van der Waals surface area contributed by atoms with Crippen LogP contribution in [0.3, 0.4) is 0 Å². The Bertz CT molecular complexity index is 462. The van der Waals surface area contributed by atoms with Gasteiger partial charge in [-0.3, -0.25) is 4.98 Å². The fourth-order valence-electron chi connectivity index (χ4n) is 1.57. The summed E-state index contributed by atoms with van der Waals surface area (Å²) in [5.41, 5.74) is 1.19. The number of hydrogen-bond acceptors (Lipinski definition) is 2. The molecule has 0 bridgehead atoms. The van der Waals surface area contributed by atoms with Crippen molar-refractivity contribution in [2.24, 2.45) is 0 Å². The Morgan fingerprint density at radius 2 is 1.80 bits per heavy atom. The van der Waals surface area contributed by atoms with Crippen LogP contribution >= 0.6 is 11.3 Å². The molecule has 0 saturated heterocycles. The Balaban J connectivity index is 2.52. The molecule has 2 aromatic heterocycles. The van der Waals surface area contributed by atoms with Gasteiger partial charge in [-0.2, -0.15) is 0 Å². The van der Waals surface area contributed by atoms with Crippen LogP contribution in [0, 0.1) is 0 Å². The fourth-order valence-corrected chi connectivity index (χ4v) is 2.65. The van der Waals surface area contributed by atoms with Gasteiger partial charge in [0, 0.05) is 26.9 Å². The molecule has 0 N–H and O–H groups in total. The highest BCUT2D eigenvalue weighted by Crippen LogP contribution is 2.31. The highest BCUT2D eigenvalue weighted by molar-refractivity contribution is 7.19. The minimum atomic E-state index is 0.513. The van der Waals surface area contributed by atoms with E-state index in [2.05, 4.69) is 44.8 Å². The summed E-state index contributed by atoms with van der Waals surface area (Å²) in [5, 5.41) is 1.29. The van der Waals surface area contributed by atoms with Crippen molar-refractivity contribution >= 4 is 21.4 Å². The standard InChI is InChI=1S/C13H17NS/c1-8(2)11-6-13-10(7-14-11)5-12(15-13)9(3)4/h5-9H,1-4H3. The van der Waals surface area contributed by atoms with Crippen molar-refractivity contribution < 1.29 is 0 Å². The largest absolute Gasteiger partial charge is 0.260 e. The topological polar surface area (TPSA) is 12.9 Å². The molecule has 0 atom stereocenters. The summed E-state index contributed by atoms with van der Waals surface area (Å²) in [5.74, 6) is 1.13. The number of aromatic nitrogens is 1. The molecule has 2 heterocycles. The second-order valence-electron chi connectivity index (χ2n) is 4.61. The molecule has 0 spiro atoms. The van der Waals surface area contributed by atoms with Gasteiger partial charge in [0.1, 0.15) is 0 Å². The van der Waals surface area contributed by atoms with Crippen molar-refractivity contribution in [3.05, 3.63) is 28.9 Å². The van der Waals surface area contributed by atoms with E-state index in [9.17, 15) is 0 Å². The number of fused-ring (bicyclic) bond motifs is 1. The molecule has 0 unspecified atom stereocenters. The molecule has 1 nitrogen and oxygen atoms in total. The van der Waals surface area contributed by atoms with E-state index < -0.39 is 0 Å². The van der Waals surface area contributed by atoms with Crippen LogP contribution in [-0.2, 0) is 0 Å². The highest BCUT2D eigenvalue weighted by Gasteiger charge is 2.07. The van der Waals surface area contributed by atoms with E-state index in [0.717, 1.165) is 0 Å². The van der Waals surface area contributed by atoms with Gasteiger partial charge in [-0.05, 0) is 24.0 Å². The third-order valence-electron chi connectivity index (χ3n) is 2.60. The molecule has 0 aliphatic heterocycles. The minimum absolute atomic E-state index is 0.513. The van der Waals surface area contributed by atoms with E-state index in [1.165, 1.54) is 20.7 Å². The Morgan fingerprint density at radius 1 is 1.07 bits per heavy atom. The second-order valence-corrected chi connectivity index (χ2v) is 5.72. The van der Waals surface area contributed by atoms with E-state index in [-0.39, 0.29) is 0 Å². The van der Waals surface area contributed by atoms with Gasteiger partial charge in [0.05, 0.1) is 0 Å². The maximum atomic E-state index is 4.49. The average Bonchev–Trinajstić information content (AvgIpc) is 2.59. The van der Waals surface area contributed by atoms with E-state index in [4.69, 9.17) is 0 Å². The molecule has 2 heteroatoms. The van der Waals surface area contributed by atoms with Crippen molar-refractivity contribution in [2.45, 2.75) is 39.5 Å². The predicted molar refractivity (Wildman–Crippen MR) is 67.8 cm³/mol. The summed E-state index contributed by atoms with van der Waals surface area (Å²) >= 11 is 1.90. The molecule has 0 fully saturated rings. The summed E-state index contributed by atoms with van der Waals surface area (Å²) < 4.78 is 1.37. The van der Waals surface area contributed by atoms with Crippen LogP contribution in [0.1, 0.15) is 50.1 Å². The maximum absolute atomic E-state index is 4.49. The minimum Gasteiger partial charge on any atom is -0.260 e. The molecule has 0 radical (unpaired) electrons. The number of rotatable bonds is 2. The third kappa shape index (κ3) is 2.05. The fraction of sp³-hybridized carbons (Fsp3) is 0.462. The Morgan fingerprint density at radius 3 is 2.40 bits per heavy atom. The van der Waals surface area contributed by atoms with Crippen LogP contribution in [0.2, 0.25) is 0 Å². The maximum Gasteiger partial charge on any atom is 0.0443 e. The number of pyridine rings is 1. The summed E-state index contributed by atoms with van der Waals surface area (Å²) in [7, 11) is 0. The third-order valence-corrected chi connectivity index (χ3v) is 4.00. The SMILES string of the molecule is CC(C)c1cc2sc(C(C)C)cc2cn1. The molecular weight excluding hydrogens is 202 g/mol. The van der Waals surface area contributed by atoms with Crippen molar-refractivity contribution in [3.63, 3.8) is 0 Å². The first-order chi connectivity index (χ1) is 7.08. The van der Waals surface area contributed by atoms with Crippen molar-refractivity contribution in [2.75, 3.05) is 0 Å². The molecule has 2 aromatic rings. The Labute approximate surface area is 95.2 Å². The molecule has 0 aliphatic carbocycles. The second kappa shape index (κ2) is 3.93. The zero-order chi connectivity index (χ0) is 11.0. The van der Waals surface area contributed by atoms with Crippen molar-refractivity contribution in [3.8, 4) is 0 Å². The highest BCUT2D eigenvalue weighted by atomic mass is 32.1. The smallest absolute Gasteiger partial charge is 0.0443 e. The summed E-state index contributed by atoms with van der Waals surface area (Å²) in [6.07, 6.45) is 2.01. The van der Waals surface area contributed by atoms with E-state index in [0.29, 0.717) is 11.8 Å². The van der Waals surface area contributed by atoms with Crippen LogP contribution in [0.5, 0.6) is 0 Å². The first-order valence-electron chi connectivity index (χ1n) is 5.47. The first-order valence-corrected chi connectivity index (χ1v) is 6.29. The van der Waals surface area contributed by atoms with Gasteiger partial charge < -0.3 is 0 Å². The monoisotopic (exact) mass is 219 g/mol. The molecular formula is C13H17NS. The lowest BCUT2D eigenvalue weighted by Crippen LogP contribution is -1.89. The Kier molecular flexibility index (Phi) is 2.79. The first kappa shape index (κ1) is 10.6. The van der Waals surface area contributed by atoms with Crippen LogP contribution in [0.4, 0.5) is 0 Å².